The summed E-state index contributed by atoms with van der Waals surface area (Å²) >= 11 is 0. The van der Waals surface area contributed by atoms with Gasteiger partial charge in [0.15, 0.2) is 5.78 Å². The molecule has 1 fully saturated rings. The molecule has 2 heterocycles. The van der Waals surface area contributed by atoms with E-state index in [4.69, 9.17) is 4.74 Å². The molecule has 6 nitrogen and oxygen atoms in total. The first-order valence-electron chi connectivity index (χ1n) is 7.97. The summed E-state index contributed by atoms with van der Waals surface area (Å²) in [5.41, 5.74) is 0.540. The molecule has 1 aliphatic heterocycles. The molecule has 1 aliphatic rings. The number of esters is 1. The van der Waals surface area contributed by atoms with E-state index in [9.17, 15) is 9.59 Å². The number of rotatable bonds is 4. The zero-order valence-electron chi connectivity index (χ0n) is 13.5. The Morgan fingerprint density at radius 1 is 1.21 bits per heavy atom. The van der Waals surface area contributed by atoms with Crippen LogP contribution >= 0.6 is 0 Å². The lowest BCUT2D eigenvalue weighted by molar-refractivity contribution is -0.139. The molecule has 0 atom stereocenters. The SMILES string of the molecule is CC(=O)c1cccc(OC(=O)C2CCN(c3cnccn3)CC2)c1. The van der Waals surface area contributed by atoms with E-state index in [1.54, 1.807) is 42.9 Å². The Bertz CT molecular complexity index is 725. The summed E-state index contributed by atoms with van der Waals surface area (Å²) < 4.78 is 5.45. The topological polar surface area (TPSA) is 72.4 Å². The van der Waals surface area contributed by atoms with E-state index in [0.717, 1.165) is 18.9 Å². The molecule has 0 N–H and O–H groups in total. The zero-order valence-corrected chi connectivity index (χ0v) is 13.5. The lowest BCUT2D eigenvalue weighted by Gasteiger charge is -2.31. The van der Waals surface area contributed by atoms with Crippen molar-refractivity contribution in [2.24, 2.45) is 5.92 Å². The average molecular weight is 325 g/mol. The van der Waals surface area contributed by atoms with Crippen molar-refractivity contribution < 1.29 is 14.3 Å². The number of hydrogen-bond donors (Lipinski definition) is 0. The van der Waals surface area contributed by atoms with E-state index in [1.165, 1.54) is 6.92 Å². The Labute approximate surface area is 140 Å². The van der Waals surface area contributed by atoms with Crippen molar-refractivity contribution in [3.05, 3.63) is 48.4 Å². The minimum Gasteiger partial charge on any atom is -0.426 e. The van der Waals surface area contributed by atoms with Gasteiger partial charge in [-0.25, -0.2) is 4.98 Å². The average Bonchev–Trinajstić information content (AvgIpc) is 2.63. The molecule has 0 radical (unpaired) electrons. The molecule has 3 rings (SSSR count). The van der Waals surface area contributed by atoms with Gasteiger partial charge in [-0.2, -0.15) is 0 Å². The van der Waals surface area contributed by atoms with Gasteiger partial charge >= 0.3 is 5.97 Å². The molecule has 124 valence electrons. The van der Waals surface area contributed by atoms with Crippen LogP contribution in [-0.4, -0.2) is 34.8 Å². The first kappa shape index (κ1) is 16.1. The van der Waals surface area contributed by atoms with E-state index in [2.05, 4.69) is 14.9 Å². The Balaban J connectivity index is 1.57. The number of ether oxygens (including phenoxy) is 1. The molecule has 6 heteroatoms. The van der Waals surface area contributed by atoms with Gasteiger partial charge in [-0.15, -0.1) is 0 Å². The van der Waals surface area contributed by atoms with Crippen molar-refractivity contribution >= 4 is 17.6 Å². The fraction of sp³-hybridized carbons (Fsp3) is 0.333. The molecule has 1 aromatic heterocycles. The third kappa shape index (κ3) is 3.76. The highest BCUT2D eigenvalue weighted by atomic mass is 16.5. The van der Waals surface area contributed by atoms with Crippen molar-refractivity contribution in [1.82, 2.24) is 9.97 Å². The van der Waals surface area contributed by atoms with Gasteiger partial charge < -0.3 is 9.64 Å². The van der Waals surface area contributed by atoms with Crippen molar-refractivity contribution in [3.8, 4) is 5.75 Å². The van der Waals surface area contributed by atoms with Crippen LogP contribution in [-0.2, 0) is 4.79 Å². The van der Waals surface area contributed by atoms with Crippen molar-refractivity contribution in [3.63, 3.8) is 0 Å². The van der Waals surface area contributed by atoms with Crippen LogP contribution in [0.4, 0.5) is 5.82 Å². The normalized spacial score (nSPS) is 15.1. The molecule has 24 heavy (non-hydrogen) atoms. The quantitative estimate of drug-likeness (QED) is 0.488. The van der Waals surface area contributed by atoms with Crippen LogP contribution in [0.3, 0.4) is 0 Å². The summed E-state index contributed by atoms with van der Waals surface area (Å²) in [6.07, 6.45) is 6.45. The molecule has 0 saturated carbocycles. The fourth-order valence-corrected chi connectivity index (χ4v) is 2.78. The third-order valence-electron chi connectivity index (χ3n) is 4.16. The lowest BCUT2D eigenvalue weighted by atomic mass is 9.97. The first-order valence-corrected chi connectivity index (χ1v) is 7.97. The van der Waals surface area contributed by atoms with Gasteiger partial charge in [0.25, 0.3) is 0 Å². The number of carbonyl (C=O) groups is 2. The Morgan fingerprint density at radius 3 is 2.67 bits per heavy atom. The number of piperidine rings is 1. The minimum absolute atomic E-state index is 0.0508. The van der Waals surface area contributed by atoms with Gasteiger partial charge in [-0.1, -0.05) is 12.1 Å². The van der Waals surface area contributed by atoms with Crippen LogP contribution in [0.25, 0.3) is 0 Å². The summed E-state index contributed by atoms with van der Waals surface area (Å²) in [7, 11) is 0. The maximum Gasteiger partial charge on any atom is 0.314 e. The summed E-state index contributed by atoms with van der Waals surface area (Å²) in [6.45, 7) is 2.97. The number of Topliss-reactive ketones (excluding diaryl/α,β-unsaturated/α-hetero) is 1. The number of anilines is 1. The van der Waals surface area contributed by atoms with E-state index in [1.807, 2.05) is 0 Å². The predicted octanol–water partition coefficient (Wildman–Crippen LogP) is 2.50. The molecule has 0 unspecified atom stereocenters. The fourth-order valence-electron chi connectivity index (χ4n) is 2.78. The van der Waals surface area contributed by atoms with Gasteiger partial charge in [-0.3, -0.25) is 14.6 Å². The zero-order chi connectivity index (χ0) is 16.9. The second kappa shape index (κ2) is 7.21. The van der Waals surface area contributed by atoms with Crippen LogP contribution in [0.15, 0.2) is 42.9 Å². The number of ketones is 1. The Morgan fingerprint density at radius 2 is 2.00 bits per heavy atom. The maximum absolute atomic E-state index is 12.3. The number of benzene rings is 1. The second-order valence-corrected chi connectivity index (χ2v) is 5.83. The van der Waals surface area contributed by atoms with E-state index < -0.39 is 0 Å². The Kier molecular flexibility index (Phi) is 4.84. The van der Waals surface area contributed by atoms with Crippen LogP contribution in [0.1, 0.15) is 30.1 Å². The van der Waals surface area contributed by atoms with E-state index in [-0.39, 0.29) is 17.7 Å². The van der Waals surface area contributed by atoms with Crippen LogP contribution in [0.2, 0.25) is 0 Å². The smallest absolute Gasteiger partial charge is 0.314 e. The monoisotopic (exact) mass is 325 g/mol. The molecule has 2 aromatic rings. The van der Waals surface area contributed by atoms with E-state index in [0.29, 0.717) is 24.2 Å². The Hall–Kier alpha value is -2.76. The summed E-state index contributed by atoms with van der Waals surface area (Å²) in [4.78, 5) is 34.2. The minimum atomic E-state index is -0.241. The summed E-state index contributed by atoms with van der Waals surface area (Å²) in [5, 5.41) is 0. The number of hydrogen-bond acceptors (Lipinski definition) is 6. The number of nitrogens with zero attached hydrogens (tertiary/aromatic N) is 3. The highest BCUT2D eigenvalue weighted by Crippen LogP contribution is 2.23. The molecule has 0 bridgehead atoms. The number of carbonyl (C=O) groups excluding carboxylic acids is 2. The maximum atomic E-state index is 12.3. The molecule has 0 aliphatic carbocycles. The molecular formula is C18H19N3O3. The van der Waals surface area contributed by atoms with Crippen molar-refractivity contribution in [2.45, 2.75) is 19.8 Å². The van der Waals surface area contributed by atoms with Crippen LogP contribution in [0.5, 0.6) is 5.75 Å². The summed E-state index contributed by atoms with van der Waals surface area (Å²) in [5.74, 6) is 0.820. The van der Waals surface area contributed by atoms with Gasteiger partial charge in [0.05, 0.1) is 12.1 Å². The molecular weight excluding hydrogens is 306 g/mol. The van der Waals surface area contributed by atoms with Crippen LogP contribution in [0, 0.1) is 5.92 Å². The molecule has 1 saturated heterocycles. The molecule has 1 aromatic carbocycles. The first-order chi connectivity index (χ1) is 11.6. The highest BCUT2D eigenvalue weighted by Gasteiger charge is 2.27. The van der Waals surface area contributed by atoms with Gasteiger partial charge in [0.2, 0.25) is 0 Å². The van der Waals surface area contributed by atoms with Crippen molar-refractivity contribution in [1.29, 1.82) is 0 Å². The standard InChI is InChI=1S/C18H19N3O3/c1-13(22)15-3-2-4-16(11-15)24-18(23)14-5-9-21(10-6-14)17-12-19-7-8-20-17/h2-4,7-8,11-12,14H,5-6,9-10H2,1H3. The van der Waals surface area contributed by atoms with Crippen LogP contribution < -0.4 is 9.64 Å². The number of aromatic nitrogens is 2. The van der Waals surface area contributed by atoms with Crippen molar-refractivity contribution in [2.75, 3.05) is 18.0 Å². The molecule has 0 spiro atoms. The third-order valence-corrected chi connectivity index (χ3v) is 4.16. The van der Waals surface area contributed by atoms with E-state index >= 15 is 0 Å². The second-order valence-electron chi connectivity index (χ2n) is 5.83. The molecule has 0 amide bonds. The lowest BCUT2D eigenvalue weighted by Crippen LogP contribution is -2.38. The predicted molar refractivity (Wildman–Crippen MR) is 89.1 cm³/mol. The van der Waals surface area contributed by atoms with Gasteiger partial charge in [0.1, 0.15) is 11.6 Å². The highest BCUT2D eigenvalue weighted by molar-refractivity contribution is 5.94. The summed E-state index contributed by atoms with van der Waals surface area (Å²) in [6, 6.07) is 6.73. The van der Waals surface area contributed by atoms with Gasteiger partial charge in [-0.05, 0) is 31.9 Å². The largest absolute Gasteiger partial charge is 0.426 e. The van der Waals surface area contributed by atoms with Gasteiger partial charge in [0, 0.05) is 31.0 Å².